The third-order valence-electron chi connectivity index (χ3n) is 1.65. The van der Waals surface area contributed by atoms with Crippen LogP contribution in [0.15, 0.2) is 6.07 Å². The first-order valence-electron chi connectivity index (χ1n) is 4.43. The lowest BCUT2D eigenvalue weighted by molar-refractivity contribution is 0.0120. The van der Waals surface area contributed by atoms with Crippen LogP contribution in [0.5, 0.6) is 0 Å². The Hall–Kier alpha value is -0.910. The van der Waals surface area contributed by atoms with Crippen LogP contribution in [0.3, 0.4) is 0 Å². The molecule has 7 heteroatoms. The van der Waals surface area contributed by atoms with Crippen LogP contribution < -0.4 is 0 Å². The van der Waals surface area contributed by atoms with Crippen molar-refractivity contribution in [2.45, 2.75) is 13.0 Å². The van der Waals surface area contributed by atoms with Gasteiger partial charge in [0, 0.05) is 7.11 Å². The Kier molecular flexibility index (Phi) is 4.92. The summed E-state index contributed by atoms with van der Waals surface area (Å²) < 4.78 is 9.87. The average molecular weight is 265 g/mol. The molecule has 1 heterocycles. The average Bonchev–Trinajstić information content (AvgIpc) is 2.21. The van der Waals surface area contributed by atoms with E-state index in [2.05, 4.69) is 10.2 Å². The number of esters is 1. The monoisotopic (exact) mass is 264 g/mol. The highest BCUT2D eigenvalue weighted by Gasteiger charge is 2.17. The Morgan fingerprint density at radius 1 is 1.50 bits per heavy atom. The van der Waals surface area contributed by atoms with Gasteiger partial charge in [-0.1, -0.05) is 23.2 Å². The summed E-state index contributed by atoms with van der Waals surface area (Å²) in [6.45, 7) is 2.00. The Morgan fingerprint density at radius 2 is 2.19 bits per heavy atom. The lowest BCUT2D eigenvalue weighted by Gasteiger charge is -2.12. The van der Waals surface area contributed by atoms with Crippen molar-refractivity contribution in [3.63, 3.8) is 0 Å². The van der Waals surface area contributed by atoms with Gasteiger partial charge < -0.3 is 9.47 Å². The van der Waals surface area contributed by atoms with Gasteiger partial charge in [-0.3, -0.25) is 0 Å². The maximum Gasteiger partial charge on any atom is 0.341 e. The number of nitrogens with zero attached hydrogens (tertiary/aromatic N) is 2. The maximum absolute atomic E-state index is 11.6. The Balaban J connectivity index is 2.76. The van der Waals surface area contributed by atoms with Crippen LogP contribution in [0.2, 0.25) is 10.3 Å². The summed E-state index contributed by atoms with van der Waals surface area (Å²) in [5.41, 5.74) is 0.0876. The van der Waals surface area contributed by atoms with Gasteiger partial charge in [-0.15, -0.1) is 10.2 Å². The molecule has 0 N–H and O–H groups in total. The molecule has 0 aliphatic carbocycles. The second-order valence-electron chi connectivity index (χ2n) is 3.04. The van der Waals surface area contributed by atoms with Gasteiger partial charge >= 0.3 is 5.97 Å². The Morgan fingerprint density at radius 3 is 2.81 bits per heavy atom. The highest BCUT2D eigenvalue weighted by Crippen LogP contribution is 2.16. The van der Waals surface area contributed by atoms with Crippen LogP contribution in [0.25, 0.3) is 0 Å². The Labute approximate surface area is 103 Å². The molecule has 0 amide bonds. The Bertz CT molecular complexity index is 387. The largest absolute Gasteiger partial charge is 0.457 e. The van der Waals surface area contributed by atoms with Gasteiger partial charge in [-0.2, -0.15) is 0 Å². The fraction of sp³-hybridized carbons (Fsp3) is 0.444. The van der Waals surface area contributed by atoms with E-state index in [-0.39, 0.29) is 22.0 Å². The molecule has 0 spiro atoms. The first-order chi connectivity index (χ1) is 7.54. The molecule has 5 nitrogen and oxygen atoms in total. The molecule has 0 saturated carbocycles. The zero-order valence-corrected chi connectivity index (χ0v) is 10.2. The summed E-state index contributed by atoms with van der Waals surface area (Å²) >= 11 is 11.3. The second-order valence-corrected chi connectivity index (χ2v) is 3.79. The van der Waals surface area contributed by atoms with Crippen molar-refractivity contribution in [3.05, 3.63) is 21.9 Å². The van der Waals surface area contributed by atoms with Gasteiger partial charge in [-0.25, -0.2) is 4.79 Å². The second kappa shape index (κ2) is 5.98. The summed E-state index contributed by atoms with van der Waals surface area (Å²) in [7, 11) is 1.52. The maximum atomic E-state index is 11.6. The van der Waals surface area contributed by atoms with Crippen molar-refractivity contribution < 1.29 is 14.3 Å². The number of methoxy groups -OCH3 is 1. The highest BCUT2D eigenvalue weighted by atomic mass is 35.5. The first kappa shape index (κ1) is 13.2. The van der Waals surface area contributed by atoms with Gasteiger partial charge in [-0.05, 0) is 13.0 Å². The minimum atomic E-state index is -0.605. The minimum Gasteiger partial charge on any atom is -0.457 e. The number of carbonyl (C=O) groups excluding carboxylic acids is 1. The van der Waals surface area contributed by atoms with Gasteiger partial charge in [0.25, 0.3) is 0 Å². The lowest BCUT2D eigenvalue weighted by atomic mass is 10.3. The van der Waals surface area contributed by atoms with Gasteiger partial charge in [0.1, 0.15) is 11.7 Å². The van der Waals surface area contributed by atoms with Crippen molar-refractivity contribution in [2.24, 2.45) is 0 Å². The van der Waals surface area contributed by atoms with Crippen LogP contribution in [0.1, 0.15) is 17.3 Å². The fourth-order valence-corrected chi connectivity index (χ4v) is 1.33. The summed E-state index contributed by atoms with van der Waals surface area (Å²) in [5, 5.41) is 7.03. The minimum absolute atomic E-state index is 0.0426. The third kappa shape index (κ3) is 3.59. The van der Waals surface area contributed by atoms with E-state index < -0.39 is 5.97 Å². The number of halogens is 2. The lowest BCUT2D eigenvalue weighted by Crippen LogP contribution is -2.20. The van der Waals surface area contributed by atoms with Crippen molar-refractivity contribution in [3.8, 4) is 0 Å². The number of hydrogen-bond acceptors (Lipinski definition) is 5. The van der Waals surface area contributed by atoms with E-state index in [0.29, 0.717) is 6.61 Å². The third-order valence-corrected chi connectivity index (χ3v) is 2.11. The molecule has 0 fully saturated rings. The first-order valence-corrected chi connectivity index (χ1v) is 5.18. The summed E-state index contributed by atoms with van der Waals surface area (Å²) in [4.78, 5) is 11.6. The van der Waals surface area contributed by atoms with Crippen LogP contribution >= 0.6 is 23.2 Å². The molecule has 1 rings (SSSR count). The molecule has 1 aromatic rings. The van der Waals surface area contributed by atoms with Crippen LogP contribution in [-0.2, 0) is 9.47 Å². The number of carbonyl (C=O) groups is 1. The van der Waals surface area contributed by atoms with Crippen LogP contribution in [-0.4, -0.2) is 36.0 Å². The van der Waals surface area contributed by atoms with E-state index in [9.17, 15) is 4.79 Å². The smallest absolute Gasteiger partial charge is 0.341 e. The van der Waals surface area contributed by atoms with E-state index in [1.807, 2.05) is 0 Å². The molecule has 0 bridgehead atoms. The quantitative estimate of drug-likeness (QED) is 0.779. The standard InChI is InChI=1S/C9H10Cl2N2O3/c1-5(4-15-2)16-9(14)6-3-7(10)12-13-8(6)11/h3,5H,4H2,1-2H3. The van der Waals surface area contributed by atoms with Gasteiger partial charge in [0.15, 0.2) is 10.3 Å². The molecule has 88 valence electrons. The number of rotatable bonds is 4. The zero-order valence-electron chi connectivity index (χ0n) is 8.74. The summed E-state index contributed by atoms with van der Waals surface area (Å²) in [6.07, 6.45) is -0.375. The van der Waals surface area contributed by atoms with Crippen LogP contribution in [0.4, 0.5) is 0 Å². The van der Waals surface area contributed by atoms with E-state index in [1.54, 1.807) is 6.92 Å². The topological polar surface area (TPSA) is 61.3 Å². The molecule has 0 radical (unpaired) electrons. The SMILES string of the molecule is COCC(C)OC(=O)c1cc(Cl)nnc1Cl. The predicted molar refractivity (Wildman–Crippen MR) is 58.8 cm³/mol. The summed E-state index contributed by atoms with van der Waals surface area (Å²) in [6, 6.07) is 1.30. The molecular weight excluding hydrogens is 255 g/mol. The fourth-order valence-electron chi connectivity index (χ4n) is 1.01. The molecule has 1 atom stereocenters. The highest BCUT2D eigenvalue weighted by molar-refractivity contribution is 6.33. The number of aromatic nitrogens is 2. The van der Waals surface area contributed by atoms with E-state index in [1.165, 1.54) is 13.2 Å². The van der Waals surface area contributed by atoms with Crippen LogP contribution in [0, 0.1) is 0 Å². The van der Waals surface area contributed by atoms with Crippen molar-refractivity contribution in [1.82, 2.24) is 10.2 Å². The molecule has 1 unspecified atom stereocenters. The molecular formula is C9H10Cl2N2O3. The molecule has 0 aliphatic heterocycles. The molecule has 0 saturated heterocycles. The van der Waals surface area contributed by atoms with Crippen molar-refractivity contribution in [2.75, 3.05) is 13.7 Å². The predicted octanol–water partition coefficient (Wildman–Crippen LogP) is 1.98. The van der Waals surface area contributed by atoms with Gasteiger partial charge in [0.2, 0.25) is 0 Å². The number of ether oxygens (including phenoxy) is 2. The number of hydrogen-bond donors (Lipinski definition) is 0. The van der Waals surface area contributed by atoms with Gasteiger partial charge in [0.05, 0.1) is 6.61 Å². The zero-order chi connectivity index (χ0) is 12.1. The molecule has 16 heavy (non-hydrogen) atoms. The van der Waals surface area contributed by atoms with E-state index >= 15 is 0 Å². The molecule has 1 aromatic heterocycles. The molecule has 0 aromatic carbocycles. The normalized spacial score (nSPS) is 12.2. The van der Waals surface area contributed by atoms with E-state index in [4.69, 9.17) is 32.7 Å². The summed E-state index contributed by atoms with van der Waals surface area (Å²) in [5.74, 6) is -0.605. The van der Waals surface area contributed by atoms with Crippen molar-refractivity contribution in [1.29, 1.82) is 0 Å². The van der Waals surface area contributed by atoms with E-state index in [0.717, 1.165) is 0 Å². The molecule has 0 aliphatic rings. The van der Waals surface area contributed by atoms with Crippen molar-refractivity contribution >= 4 is 29.2 Å².